The number of amides is 1. The maximum atomic E-state index is 14.2. The molecule has 0 aliphatic heterocycles. The molecular weight excluding hydrogens is 430 g/mol. The monoisotopic (exact) mass is 450 g/mol. The van der Waals surface area contributed by atoms with Crippen molar-refractivity contribution in [1.82, 2.24) is 19.9 Å². The van der Waals surface area contributed by atoms with E-state index in [1.165, 1.54) is 19.2 Å². The van der Waals surface area contributed by atoms with Gasteiger partial charge >= 0.3 is 5.69 Å². The van der Waals surface area contributed by atoms with E-state index in [1.807, 2.05) is 0 Å². The molecule has 0 aliphatic rings. The highest BCUT2D eigenvalue weighted by molar-refractivity contribution is 5.81. The van der Waals surface area contributed by atoms with Crippen LogP contribution in [0.15, 0.2) is 76.4 Å². The number of aromatic nitrogens is 3. The third-order valence-electron chi connectivity index (χ3n) is 5.36. The van der Waals surface area contributed by atoms with Crippen LogP contribution in [0, 0.1) is 11.6 Å². The third kappa shape index (κ3) is 4.57. The lowest BCUT2D eigenvalue weighted by Crippen LogP contribution is -2.46. The second-order valence-corrected chi connectivity index (χ2v) is 7.61. The minimum atomic E-state index is -1.24. The van der Waals surface area contributed by atoms with Crippen molar-refractivity contribution < 1.29 is 13.6 Å². The number of H-pyrrole nitrogens is 1. The van der Waals surface area contributed by atoms with Gasteiger partial charge in [-0.1, -0.05) is 36.4 Å². The van der Waals surface area contributed by atoms with Gasteiger partial charge in [0, 0.05) is 24.2 Å². The molecule has 4 rings (SSSR count). The van der Waals surface area contributed by atoms with Gasteiger partial charge in [-0.15, -0.1) is 0 Å². The standard InChI is InChI=1S/C24H20F2N4O3/c1-14(17-10-9-16(25)13-18(17)26)28-22(31)20(12-15-6-3-2-4-7-15)30-23(32)21-19(29-24(30)33)8-5-11-27-21/h2-11,13-14,20H,12H2,1H3,(H,28,31)(H,29,33)/t14-,20?/m1/s1. The van der Waals surface area contributed by atoms with Gasteiger partial charge in [-0.3, -0.25) is 9.59 Å². The van der Waals surface area contributed by atoms with Crippen LogP contribution in [0.4, 0.5) is 8.78 Å². The van der Waals surface area contributed by atoms with E-state index in [0.717, 1.165) is 16.7 Å². The number of nitrogens with one attached hydrogen (secondary N) is 2. The summed E-state index contributed by atoms with van der Waals surface area (Å²) >= 11 is 0. The molecule has 4 aromatic rings. The van der Waals surface area contributed by atoms with Crippen LogP contribution in [0.2, 0.25) is 0 Å². The average Bonchev–Trinajstić information content (AvgIpc) is 2.79. The Morgan fingerprint density at radius 2 is 1.85 bits per heavy atom. The summed E-state index contributed by atoms with van der Waals surface area (Å²) in [7, 11) is 0. The summed E-state index contributed by atoms with van der Waals surface area (Å²) in [5, 5.41) is 2.64. The van der Waals surface area contributed by atoms with Crippen molar-refractivity contribution in [3.05, 3.63) is 110 Å². The molecule has 0 bridgehead atoms. The zero-order valence-electron chi connectivity index (χ0n) is 17.6. The smallest absolute Gasteiger partial charge is 0.329 e. The van der Waals surface area contributed by atoms with Gasteiger partial charge in [0.15, 0.2) is 5.52 Å². The minimum Gasteiger partial charge on any atom is -0.348 e. The van der Waals surface area contributed by atoms with Crippen LogP contribution in [0.3, 0.4) is 0 Å². The second-order valence-electron chi connectivity index (χ2n) is 7.61. The number of halogens is 2. The number of fused-ring (bicyclic) bond motifs is 1. The molecule has 1 amide bonds. The van der Waals surface area contributed by atoms with Crippen molar-refractivity contribution in [3.8, 4) is 0 Å². The molecule has 0 aliphatic carbocycles. The highest BCUT2D eigenvalue weighted by Gasteiger charge is 2.27. The maximum absolute atomic E-state index is 14.2. The molecule has 0 saturated heterocycles. The van der Waals surface area contributed by atoms with Gasteiger partial charge in [-0.25, -0.2) is 23.1 Å². The number of hydrogen-bond donors (Lipinski definition) is 2. The molecule has 2 heterocycles. The second kappa shape index (κ2) is 9.15. The van der Waals surface area contributed by atoms with E-state index in [0.29, 0.717) is 5.56 Å². The van der Waals surface area contributed by atoms with E-state index < -0.39 is 40.9 Å². The predicted molar refractivity (Wildman–Crippen MR) is 119 cm³/mol. The van der Waals surface area contributed by atoms with Gasteiger partial charge in [-0.2, -0.15) is 0 Å². The van der Waals surface area contributed by atoms with Gasteiger partial charge in [0.25, 0.3) is 5.56 Å². The normalized spacial score (nSPS) is 12.9. The number of carbonyl (C=O) groups is 1. The summed E-state index contributed by atoms with van der Waals surface area (Å²) in [5.41, 5.74) is -0.427. The van der Waals surface area contributed by atoms with Crippen molar-refractivity contribution >= 4 is 16.9 Å². The average molecular weight is 450 g/mol. The van der Waals surface area contributed by atoms with Crippen molar-refractivity contribution in [2.75, 3.05) is 0 Å². The Hall–Kier alpha value is -4.14. The molecule has 2 atom stereocenters. The number of aromatic amines is 1. The maximum Gasteiger partial charge on any atom is 0.329 e. The number of pyridine rings is 1. The van der Waals surface area contributed by atoms with E-state index in [-0.39, 0.29) is 23.0 Å². The Balaban J connectivity index is 1.76. The fraction of sp³-hybridized carbons (Fsp3) is 0.167. The first-order valence-corrected chi connectivity index (χ1v) is 10.2. The van der Waals surface area contributed by atoms with Gasteiger partial charge in [0.05, 0.1) is 11.6 Å². The van der Waals surface area contributed by atoms with Crippen LogP contribution in [-0.4, -0.2) is 20.4 Å². The van der Waals surface area contributed by atoms with E-state index >= 15 is 0 Å². The van der Waals surface area contributed by atoms with Crippen LogP contribution in [0.1, 0.15) is 30.1 Å². The van der Waals surface area contributed by atoms with E-state index in [4.69, 9.17) is 0 Å². The van der Waals surface area contributed by atoms with Crippen molar-refractivity contribution in [2.24, 2.45) is 0 Å². The van der Waals surface area contributed by atoms with E-state index in [9.17, 15) is 23.2 Å². The van der Waals surface area contributed by atoms with Gasteiger partial charge in [-0.05, 0) is 30.7 Å². The van der Waals surface area contributed by atoms with Crippen molar-refractivity contribution in [3.63, 3.8) is 0 Å². The fourth-order valence-corrected chi connectivity index (χ4v) is 3.72. The summed E-state index contributed by atoms with van der Waals surface area (Å²) in [6, 6.07) is 13.0. The van der Waals surface area contributed by atoms with Crippen LogP contribution in [-0.2, 0) is 11.2 Å². The number of nitrogens with zero attached hydrogens (tertiary/aromatic N) is 2. The molecule has 0 fully saturated rings. The van der Waals surface area contributed by atoms with Crippen molar-refractivity contribution in [2.45, 2.75) is 25.4 Å². The van der Waals surface area contributed by atoms with Gasteiger partial charge in [0.1, 0.15) is 17.7 Å². The highest BCUT2D eigenvalue weighted by Crippen LogP contribution is 2.20. The SMILES string of the molecule is C[C@@H](NC(=O)C(Cc1ccccc1)n1c(=O)[nH]c2cccnc2c1=O)c1ccc(F)cc1F. The Morgan fingerprint density at radius 1 is 1.09 bits per heavy atom. The largest absolute Gasteiger partial charge is 0.348 e. The van der Waals surface area contributed by atoms with Gasteiger partial charge < -0.3 is 10.3 Å². The zero-order valence-corrected chi connectivity index (χ0v) is 17.6. The molecule has 1 unspecified atom stereocenters. The van der Waals surface area contributed by atoms with E-state index in [2.05, 4.69) is 15.3 Å². The third-order valence-corrected chi connectivity index (χ3v) is 5.36. The number of hydrogen-bond acceptors (Lipinski definition) is 4. The topological polar surface area (TPSA) is 96.8 Å². The van der Waals surface area contributed by atoms with Crippen LogP contribution in [0.25, 0.3) is 11.0 Å². The Morgan fingerprint density at radius 3 is 2.58 bits per heavy atom. The number of carbonyl (C=O) groups excluding carboxylic acids is 1. The summed E-state index contributed by atoms with van der Waals surface area (Å²) in [5.74, 6) is -2.22. The first-order chi connectivity index (χ1) is 15.8. The lowest BCUT2D eigenvalue weighted by atomic mass is 10.0. The minimum absolute atomic E-state index is 0.0144. The molecule has 0 spiro atoms. The lowest BCUT2D eigenvalue weighted by molar-refractivity contribution is -0.125. The Kier molecular flexibility index (Phi) is 6.12. The molecule has 2 aromatic carbocycles. The zero-order chi connectivity index (χ0) is 23.5. The summed E-state index contributed by atoms with van der Waals surface area (Å²) in [6.45, 7) is 1.53. The molecule has 2 aromatic heterocycles. The molecular formula is C24H20F2N4O3. The lowest BCUT2D eigenvalue weighted by Gasteiger charge is -2.22. The molecule has 7 nitrogen and oxygen atoms in total. The quantitative estimate of drug-likeness (QED) is 0.472. The molecule has 33 heavy (non-hydrogen) atoms. The first kappa shape index (κ1) is 22.1. The molecule has 168 valence electrons. The molecule has 9 heteroatoms. The summed E-state index contributed by atoms with van der Waals surface area (Å²) in [6.07, 6.45) is 1.45. The Labute approximate surface area is 186 Å². The van der Waals surface area contributed by atoms with E-state index in [1.54, 1.807) is 42.5 Å². The van der Waals surface area contributed by atoms with Gasteiger partial charge in [0.2, 0.25) is 5.91 Å². The summed E-state index contributed by atoms with van der Waals surface area (Å²) < 4.78 is 28.3. The molecule has 0 saturated carbocycles. The fourth-order valence-electron chi connectivity index (χ4n) is 3.72. The first-order valence-electron chi connectivity index (χ1n) is 10.2. The van der Waals surface area contributed by atoms with Crippen LogP contribution in [0.5, 0.6) is 0 Å². The molecule has 2 N–H and O–H groups in total. The van der Waals surface area contributed by atoms with Crippen LogP contribution < -0.4 is 16.6 Å². The summed E-state index contributed by atoms with van der Waals surface area (Å²) in [4.78, 5) is 45.9. The highest BCUT2D eigenvalue weighted by atomic mass is 19.1. The van der Waals surface area contributed by atoms with Crippen molar-refractivity contribution in [1.29, 1.82) is 0 Å². The number of rotatable bonds is 6. The Bertz CT molecular complexity index is 1430. The van der Waals surface area contributed by atoms with Crippen LogP contribution >= 0.6 is 0 Å². The molecule has 0 radical (unpaired) electrons. The predicted octanol–water partition coefficient (Wildman–Crippen LogP) is 3.02. The number of benzene rings is 2.